The molecule has 3 atom stereocenters. The Morgan fingerprint density at radius 3 is 2.43 bits per heavy atom. The zero-order valence-corrected chi connectivity index (χ0v) is 20.6. The topological polar surface area (TPSA) is 52.7 Å². The van der Waals surface area contributed by atoms with Crippen LogP contribution in [0.5, 0.6) is 0 Å². The van der Waals surface area contributed by atoms with E-state index in [1.54, 1.807) is 12.1 Å². The number of hydrogen-bond acceptors (Lipinski definition) is 4. The number of rotatable bonds is 7. The van der Waals surface area contributed by atoms with Gasteiger partial charge in [-0.3, -0.25) is 9.59 Å². The van der Waals surface area contributed by atoms with Crippen molar-refractivity contribution in [2.45, 2.75) is 38.6 Å². The van der Waals surface area contributed by atoms with Crippen molar-refractivity contribution in [2.75, 3.05) is 39.3 Å². The molecular weight excluding hydrogens is 441 g/mol. The zero-order valence-electron chi connectivity index (χ0n) is 20.6. The van der Waals surface area contributed by atoms with E-state index in [1.807, 2.05) is 42.2 Å². The minimum absolute atomic E-state index is 0.0420. The molecule has 6 heteroatoms. The Morgan fingerprint density at radius 2 is 1.71 bits per heavy atom. The second-order valence-corrected chi connectivity index (χ2v) is 10.7. The van der Waals surface area contributed by atoms with Gasteiger partial charge in [-0.1, -0.05) is 49.4 Å². The third-order valence-corrected chi connectivity index (χ3v) is 8.63. The molecule has 5 rings (SSSR count). The standard InChI is InChI=1S/C29H36FN3O2/c1-21(23-5-3-2-4-6-23)27(34)26-18-31-17-24(26)20-32-14-11-29(12-15-32)13-16-33(28(29)35)19-22-7-9-25(30)10-8-22/h2-10,21,24,26,31H,11-20H2,1H3. The lowest BCUT2D eigenvalue weighted by Gasteiger charge is -2.39. The Labute approximate surface area is 207 Å². The summed E-state index contributed by atoms with van der Waals surface area (Å²) in [5.74, 6) is 0.617. The van der Waals surface area contributed by atoms with Crippen LogP contribution < -0.4 is 5.32 Å². The van der Waals surface area contributed by atoms with Crippen LogP contribution in [0.3, 0.4) is 0 Å². The first-order valence-corrected chi connectivity index (χ1v) is 13.0. The molecular formula is C29H36FN3O2. The summed E-state index contributed by atoms with van der Waals surface area (Å²) in [5, 5.41) is 3.46. The van der Waals surface area contributed by atoms with Gasteiger partial charge in [0.15, 0.2) is 0 Å². The number of carbonyl (C=O) groups is 2. The molecule has 0 bridgehead atoms. The number of amides is 1. The number of benzene rings is 2. The number of Topliss-reactive ketones (excluding diaryl/α,β-unsaturated/α-hetero) is 1. The van der Waals surface area contributed by atoms with Gasteiger partial charge in [0.05, 0.1) is 5.41 Å². The van der Waals surface area contributed by atoms with E-state index < -0.39 is 0 Å². The first-order valence-electron chi connectivity index (χ1n) is 13.0. The lowest BCUT2D eigenvalue weighted by Crippen LogP contribution is -2.46. The average molecular weight is 478 g/mol. The molecule has 3 heterocycles. The first kappa shape index (κ1) is 24.1. The summed E-state index contributed by atoms with van der Waals surface area (Å²) >= 11 is 0. The van der Waals surface area contributed by atoms with Crippen molar-refractivity contribution in [1.82, 2.24) is 15.1 Å². The maximum Gasteiger partial charge on any atom is 0.229 e. The molecule has 1 amide bonds. The molecule has 3 aliphatic rings. The number of nitrogens with one attached hydrogen (secondary N) is 1. The maximum absolute atomic E-state index is 13.3. The molecule has 3 aliphatic heterocycles. The lowest BCUT2D eigenvalue weighted by molar-refractivity contribution is -0.139. The van der Waals surface area contributed by atoms with Crippen LogP contribution in [0.1, 0.15) is 43.2 Å². The monoisotopic (exact) mass is 477 g/mol. The molecule has 35 heavy (non-hydrogen) atoms. The van der Waals surface area contributed by atoms with Crippen LogP contribution in [0, 0.1) is 23.1 Å². The van der Waals surface area contributed by atoms with Crippen LogP contribution in [0.4, 0.5) is 4.39 Å². The lowest BCUT2D eigenvalue weighted by atomic mass is 9.76. The number of halogens is 1. The van der Waals surface area contributed by atoms with Crippen LogP contribution in [0.25, 0.3) is 0 Å². The van der Waals surface area contributed by atoms with Crippen LogP contribution in [0.2, 0.25) is 0 Å². The highest BCUT2D eigenvalue weighted by atomic mass is 19.1. The minimum atomic E-state index is -0.249. The molecule has 0 radical (unpaired) electrons. The highest BCUT2D eigenvalue weighted by molar-refractivity contribution is 5.88. The second kappa shape index (κ2) is 10.2. The molecule has 0 aromatic heterocycles. The first-order chi connectivity index (χ1) is 16.9. The Bertz CT molecular complexity index is 1030. The SMILES string of the molecule is CC(C(=O)C1CNCC1CN1CCC2(CC1)CCN(Cc1ccc(F)cc1)C2=O)c1ccccc1. The third kappa shape index (κ3) is 5.05. The van der Waals surface area contributed by atoms with Gasteiger partial charge in [0.1, 0.15) is 11.6 Å². The van der Waals surface area contributed by atoms with Gasteiger partial charge >= 0.3 is 0 Å². The minimum Gasteiger partial charge on any atom is -0.338 e. The van der Waals surface area contributed by atoms with E-state index in [9.17, 15) is 14.0 Å². The van der Waals surface area contributed by atoms with E-state index in [4.69, 9.17) is 0 Å². The molecule has 5 nitrogen and oxygen atoms in total. The van der Waals surface area contributed by atoms with Crippen LogP contribution in [-0.4, -0.2) is 60.8 Å². The fourth-order valence-corrected chi connectivity index (χ4v) is 6.30. The normalized spacial score (nSPS) is 25.3. The Kier molecular flexibility index (Phi) is 7.03. The highest BCUT2D eigenvalue weighted by Crippen LogP contribution is 2.42. The summed E-state index contributed by atoms with van der Waals surface area (Å²) in [5.41, 5.74) is 1.82. The number of ketones is 1. The zero-order chi connectivity index (χ0) is 24.4. The molecule has 3 unspecified atom stereocenters. The van der Waals surface area contributed by atoms with Crippen molar-refractivity contribution in [2.24, 2.45) is 17.3 Å². The summed E-state index contributed by atoms with van der Waals surface area (Å²) in [6, 6.07) is 16.5. The largest absolute Gasteiger partial charge is 0.338 e. The van der Waals surface area contributed by atoms with Crippen molar-refractivity contribution < 1.29 is 14.0 Å². The summed E-state index contributed by atoms with van der Waals surface area (Å²) < 4.78 is 13.2. The summed E-state index contributed by atoms with van der Waals surface area (Å²) in [7, 11) is 0. The molecule has 1 spiro atoms. The molecule has 0 aliphatic carbocycles. The van der Waals surface area contributed by atoms with Crippen LogP contribution >= 0.6 is 0 Å². The molecule has 186 valence electrons. The number of carbonyl (C=O) groups excluding carboxylic acids is 2. The molecule has 3 saturated heterocycles. The van der Waals surface area contributed by atoms with E-state index in [2.05, 4.69) is 10.2 Å². The number of likely N-dealkylation sites (tertiary alicyclic amines) is 2. The van der Waals surface area contributed by atoms with Gasteiger partial charge < -0.3 is 15.1 Å². The Morgan fingerprint density at radius 1 is 1.03 bits per heavy atom. The van der Waals surface area contributed by atoms with Crippen molar-refractivity contribution in [1.29, 1.82) is 0 Å². The summed E-state index contributed by atoms with van der Waals surface area (Å²) in [6.45, 7) is 7.72. The maximum atomic E-state index is 13.3. The smallest absolute Gasteiger partial charge is 0.229 e. The number of piperidine rings is 1. The summed E-state index contributed by atoms with van der Waals surface area (Å²) in [6.07, 6.45) is 2.66. The number of hydrogen-bond donors (Lipinski definition) is 1. The molecule has 1 N–H and O–H groups in total. The van der Waals surface area contributed by atoms with E-state index >= 15 is 0 Å². The molecule has 2 aromatic carbocycles. The van der Waals surface area contributed by atoms with Gasteiger partial charge in [0.25, 0.3) is 0 Å². The van der Waals surface area contributed by atoms with E-state index in [0.29, 0.717) is 18.2 Å². The molecule has 2 aromatic rings. The second-order valence-electron chi connectivity index (χ2n) is 10.7. The van der Waals surface area contributed by atoms with Crippen molar-refractivity contribution in [3.05, 3.63) is 71.5 Å². The Balaban J connectivity index is 1.15. The highest BCUT2D eigenvalue weighted by Gasteiger charge is 2.48. The van der Waals surface area contributed by atoms with Crippen molar-refractivity contribution >= 4 is 11.7 Å². The van der Waals surface area contributed by atoms with Gasteiger partial charge in [-0.15, -0.1) is 0 Å². The van der Waals surface area contributed by atoms with Gasteiger partial charge in [0.2, 0.25) is 5.91 Å². The van der Waals surface area contributed by atoms with Gasteiger partial charge in [-0.2, -0.15) is 0 Å². The van der Waals surface area contributed by atoms with Crippen molar-refractivity contribution in [3.63, 3.8) is 0 Å². The molecule has 3 fully saturated rings. The predicted octanol–water partition coefficient (Wildman–Crippen LogP) is 3.85. The Hall–Kier alpha value is -2.57. The van der Waals surface area contributed by atoms with Gasteiger partial charge in [0, 0.05) is 38.0 Å². The predicted molar refractivity (Wildman–Crippen MR) is 134 cm³/mol. The quantitative estimate of drug-likeness (QED) is 0.658. The van der Waals surface area contributed by atoms with Gasteiger partial charge in [-0.25, -0.2) is 4.39 Å². The van der Waals surface area contributed by atoms with Crippen LogP contribution in [-0.2, 0) is 16.1 Å². The van der Waals surface area contributed by atoms with Gasteiger partial charge in [-0.05, 0) is 68.1 Å². The fraction of sp³-hybridized carbons (Fsp3) is 0.517. The summed E-state index contributed by atoms with van der Waals surface area (Å²) in [4.78, 5) is 31.1. The van der Waals surface area contributed by atoms with Crippen molar-refractivity contribution in [3.8, 4) is 0 Å². The average Bonchev–Trinajstić information content (AvgIpc) is 3.47. The van der Waals surface area contributed by atoms with E-state index in [0.717, 1.165) is 69.7 Å². The third-order valence-electron chi connectivity index (χ3n) is 8.63. The number of nitrogens with zero attached hydrogens (tertiary/aromatic N) is 2. The van der Waals surface area contributed by atoms with E-state index in [1.165, 1.54) is 12.1 Å². The van der Waals surface area contributed by atoms with Crippen LogP contribution in [0.15, 0.2) is 54.6 Å². The fourth-order valence-electron chi connectivity index (χ4n) is 6.30. The molecule has 0 saturated carbocycles. The van der Waals surface area contributed by atoms with E-state index in [-0.39, 0.29) is 29.0 Å².